The Hall–Kier alpha value is -2.63. The second kappa shape index (κ2) is 8.01. The Labute approximate surface area is 171 Å². The first-order valence-electron chi connectivity index (χ1n) is 10.5. The Morgan fingerprint density at radius 3 is 2.79 bits per heavy atom. The van der Waals surface area contributed by atoms with Crippen molar-refractivity contribution in [3.05, 3.63) is 52.9 Å². The van der Waals surface area contributed by atoms with E-state index in [9.17, 15) is 9.59 Å². The molecular formula is C23H29N3O3. The molecule has 0 unspecified atom stereocenters. The van der Waals surface area contributed by atoms with E-state index in [1.54, 1.807) is 0 Å². The zero-order chi connectivity index (χ0) is 20.4. The van der Waals surface area contributed by atoms with Crippen molar-refractivity contribution in [2.75, 3.05) is 6.54 Å². The topological polar surface area (TPSA) is 75.4 Å². The molecule has 6 nitrogen and oxygen atoms in total. The molecule has 29 heavy (non-hydrogen) atoms. The van der Waals surface area contributed by atoms with E-state index >= 15 is 0 Å². The number of nitrogens with zero attached hydrogens (tertiary/aromatic N) is 2. The van der Waals surface area contributed by atoms with Gasteiger partial charge in [-0.2, -0.15) is 0 Å². The number of piperidine rings is 1. The molecule has 1 N–H and O–H groups in total. The summed E-state index contributed by atoms with van der Waals surface area (Å²) in [4.78, 5) is 27.4. The quantitative estimate of drug-likeness (QED) is 0.814. The molecular weight excluding hydrogens is 366 g/mol. The first kappa shape index (κ1) is 19.7. The van der Waals surface area contributed by atoms with E-state index in [1.165, 1.54) is 0 Å². The van der Waals surface area contributed by atoms with Crippen LogP contribution < -0.4 is 5.32 Å². The van der Waals surface area contributed by atoms with Crippen LogP contribution in [0.15, 0.2) is 34.9 Å². The maximum Gasteiger partial charge on any atom is 0.224 e. The van der Waals surface area contributed by atoms with Crippen LogP contribution in [0, 0.1) is 19.3 Å². The predicted molar refractivity (Wildman–Crippen MR) is 109 cm³/mol. The van der Waals surface area contributed by atoms with Crippen LogP contribution in [0.5, 0.6) is 0 Å². The summed E-state index contributed by atoms with van der Waals surface area (Å²) in [5.41, 5.74) is 2.78. The minimum absolute atomic E-state index is 0.00839. The van der Waals surface area contributed by atoms with E-state index in [0.717, 1.165) is 42.5 Å². The average molecular weight is 396 g/mol. The molecule has 154 valence electrons. The number of fused-ring (bicyclic) bond motifs is 1. The Morgan fingerprint density at radius 1 is 1.28 bits per heavy atom. The lowest BCUT2D eigenvalue weighted by Gasteiger charge is -2.46. The van der Waals surface area contributed by atoms with E-state index in [1.807, 2.05) is 32.0 Å². The third kappa shape index (κ3) is 3.93. The van der Waals surface area contributed by atoms with Gasteiger partial charge in [-0.05, 0) is 38.7 Å². The largest absolute Gasteiger partial charge is 0.361 e. The molecule has 0 radical (unpaired) electrons. The summed E-state index contributed by atoms with van der Waals surface area (Å²) in [5.74, 6) is 0.927. The molecule has 1 aliphatic carbocycles. The number of likely N-dealkylation sites (tertiary alicyclic amines) is 1. The van der Waals surface area contributed by atoms with Crippen LogP contribution >= 0.6 is 0 Å². The number of carbonyl (C=O) groups is 2. The van der Waals surface area contributed by atoms with Gasteiger partial charge in [0.2, 0.25) is 11.8 Å². The van der Waals surface area contributed by atoms with Gasteiger partial charge < -0.3 is 14.7 Å². The molecule has 1 aromatic carbocycles. The molecule has 2 atom stereocenters. The predicted octanol–water partition coefficient (Wildman–Crippen LogP) is 3.31. The highest BCUT2D eigenvalue weighted by atomic mass is 16.5. The van der Waals surface area contributed by atoms with Crippen molar-refractivity contribution in [1.29, 1.82) is 0 Å². The number of nitrogens with one attached hydrogen (secondary N) is 1. The summed E-state index contributed by atoms with van der Waals surface area (Å²) in [5, 5.41) is 7.09. The van der Waals surface area contributed by atoms with E-state index in [2.05, 4.69) is 27.5 Å². The smallest absolute Gasteiger partial charge is 0.224 e. The molecule has 2 fully saturated rings. The van der Waals surface area contributed by atoms with Gasteiger partial charge in [0.05, 0.1) is 12.1 Å². The van der Waals surface area contributed by atoms with Crippen molar-refractivity contribution in [2.24, 2.45) is 5.41 Å². The zero-order valence-electron chi connectivity index (χ0n) is 17.2. The van der Waals surface area contributed by atoms with Gasteiger partial charge in [0.25, 0.3) is 0 Å². The number of hydrogen-bond acceptors (Lipinski definition) is 4. The minimum Gasteiger partial charge on any atom is -0.361 e. The molecule has 1 saturated carbocycles. The first-order chi connectivity index (χ1) is 14.0. The molecule has 0 spiro atoms. The maximum atomic E-state index is 12.7. The van der Waals surface area contributed by atoms with Gasteiger partial charge in [-0.15, -0.1) is 0 Å². The van der Waals surface area contributed by atoms with Crippen LogP contribution in [0.1, 0.15) is 54.7 Å². The number of amides is 2. The summed E-state index contributed by atoms with van der Waals surface area (Å²) in [6, 6.07) is 10.4. The fourth-order valence-electron chi connectivity index (χ4n) is 5.10. The van der Waals surface area contributed by atoms with Gasteiger partial charge in [-0.1, -0.05) is 41.9 Å². The monoisotopic (exact) mass is 395 g/mol. The number of aryl methyl sites for hydroxylation is 2. The molecule has 2 amide bonds. The Kier molecular flexibility index (Phi) is 5.43. The molecule has 1 aliphatic heterocycles. The van der Waals surface area contributed by atoms with E-state index in [-0.39, 0.29) is 29.7 Å². The average Bonchev–Trinajstić information content (AvgIpc) is 3.29. The summed E-state index contributed by atoms with van der Waals surface area (Å²) in [6.07, 6.45) is 4.87. The molecule has 4 rings (SSSR count). The molecule has 6 heteroatoms. The lowest BCUT2D eigenvalue weighted by atomic mass is 9.74. The number of carbonyl (C=O) groups excluding carboxylic acids is 2. The van der Waals surface area contributed by atoms with Gasteiger partial charge in [0, 0.05) is 36.5 Å². The van der Waals surface area contributed by atoms with Gasteiger partial charge in [-0.3, -0.25) is 9.59 Å². The van der Waals surface area contributed by atoms with Crippen molar-refractivity contribution in [3.63, 3.8) is 0 Å². The minimum atomic E-state index is -0.0168. The highest BCUT2D eigenvalue weighted by molar-refractivity contribution is 5.80. The maximum absolute atomic E-state index is 12.7. The normalized spacial score (nSPS) is 23.9. The molecule has 1 aromatic heterocycles. The molecule has 2 aliphatic rings. The summed E-state index contributed by atoms with van der Waals surface area (Å²) in [7, 11) is 0. The molecule has 2 heterocycles. The van der Waals surface area contributed by atoms with Gasteiger partial charge >= 0.3 is 0 Å². The Balaban J connectivity index is 1.44. The van der Waals surface area contributed by atoms with Crippen molar-refractivity contribution in [1.82, 2.24) is 15.4 Å². The first-order valence-corrected chi connectivity index (χ1v) is 10.5. The fourth-order valence-corrected chi connectivity index (χ4v) is 5.10. The van der Waals surface area contributed by atoms with Crippen molar-refractivity contribution < 1.29 is 14.1 Å². The van der Waals surface area contributed by atoms with Crippen LogP contribution in [-0.2, 0) is 22.6 Å². The molecule has 1 saturated heterocycles. The number of rotatable bonds is 6. The van der Waals surface area contributed by atoms with Gasteiger partial charge in [0.15, 0.2) is 0 Å². The van der Waals surface area contributed by atoms with Crippen LogP contribution in [0.4, 0.5) is 0 Å². The molecule has 0 bridgehead atoms. The van der Waals surface area contributed by atoms with Crippen molar-refractivity contribution >= 4 is 11.8 Å². The second-order valence-electron chi connectivity index (χ2n) is 8.53. The highest BCUT2D eigenvalue weighted by Gasteiger charge is 2.50. The molecule has 2 aromatic rings. The van der Waals surface area contributed by atoms with Crippen LogP contribution in [-0.4, -0.2) is 34.5 Å². The fraction of sp³-hybridized carbons (Fsp3) is 0.522. The van der Waals surface area contributed by atoms with Crippen LogP contribution in [0.2, 0.25) is 0 Å². The van der Waals surface area contributed by atoms with E-state index < -0.39 is 0 Å². The van der Waals surface area contributed by atoms with Crippen molar-refractivity contribution in [2.45, 2.75) is 65.0 Å². The number of benzene rings is 1. The number of aromatic nitrogens is 1. The standard InChI is InChI=1S/C23H29N3O3/c1-16-19(17(2)29-25-16)13-21(27)24-15-23-11-6-9-20(23)26(22(28)10-12-23)14-18-7-4-3-5-8-18/h3-5,7-8,20H,6,9-15H2,1-2H3,(H,24,27)/t20-,23+/m1/s1. The third-order valence-electron chi connectivity index (χ3n) is 6.74. The Bertz CT molecular complexity index is 873. The SMILES string of the molecule is Cc1noc(C)c1CC(=O)NC[C@@]12CCC[C@H]1N(Cc1ccccc1)C(=O)CC2. The van der Waals surface area contributed by atoms with Gasteiger partial charge in [0.1, 0.15) is 5.76 Å². The summed E-state index contributed by atoms with van der Waals surface area (Å²) < 4.78 is 5.17. The van der Waals surface area contributed by atoms with Gasteiger partial charge in [-0.25, -0.2) is 0 Å². The summed E-state index contributed by atoms with van der Waals surface area (Å²) >= 11 is 0. The Morgan fingerprint density at radius 2 is 2.07 bits per heavy atom. The van der Waals surface area contributed by atoms with Crippen LogP contribution in [0.25, 0.3) is 0 Å². The number of hydrogen-bond donors (Lipinski definition) is 1. The highest BCUT2D eigenvalue weighted by Crippen LogP contribution is 2.48. The van der Waals surface area contributed by atoms with Crippen molar-refractivity contribution in [3.8, 4) is 0 Å². The second-order valence-corrected chi connectivity index (χ2v) is 8.53. The lowest BCUT2D eigenvalue weighted by Crippen LogP contribution is -2.55. The lowest BCUT2D eigenvalue weighted by molar-refractivity contribution is -0.142. The van der Waals surface area contributed by atoms with Crippen LogP contribution in [0.3, 0.4) is 0 Å². The zero-order valence-corrected chi connectivity index (χ0v) is 17.2. The summed E-state index contributed by atoms with van der Waals surface area (Å²) in [6.45, 7) is 4.97. The third-order valence-corrected chi connectivity index (χ3v) is 6.74. The van der Waals surface area contributed by atoms with E-state index in [4.69, 9.17) is 4.52 Å². The van der Waals surface area contributed by atoms with E-state index in [0.29, 0.717) is 25.3 Å².